The summed E-state index contributed by atoms with van der Waals surface area (Å²) in [5.74, 6) is -0.126. The summed E-state index contributed by atoms with van der Waals surface area (Å²) < 4.78 is 38.9. The number of carbonyl (C=O) groups is 2. The molecule has 4 rings (SSSR count). The number of aromatic amines is 1. The Bertz CT molecular complexity index is 1040. The van der Waals surface area contributed by atoms with Crippen molar-refractivity contribution in [2.75, 3.05) is 11.9 Å². The summed E-state index contributed by atoms with van der Waals surface area (Å²) in [4.78, 5) is 29.2. The van der Waals surface area contributed by atoms with Gasteiger partial charge in [0.05, 0.1) is 5.56 Å². The quantitative estimate of drug-likeness (QED) is 0.704. The van der Waals surface area contributed by atoms with Crippen LogP contribution in [-0.2, 0) is 15.8 Å². The van der Waals surface area contributed by atoms with E-state index in [1.54, 1.807) is 0 Å². The van der Waals surface area contributed by atoms with E-state index in [1.165, 1.54) is 29.3 Å². The molecule has 2 amide bonds. The number of alkyl halides is 3. The lowest BCUT2D eigenvalue weighted by molar-refractivity contribution is -0.136. The number of fused-ring (bicyclic) bond motifs is 2. The highest BCUT2D eigenvalue weighted by Gasteiger charge is 2.35. The summed E-state index contributed by atoms with van der Waals surface area (Å²) >= 11 is 0. The van der Waals surface area contributed by atoms with Gasteiger partial charge in [0, 0.05) is 35.5 Å². The minimum Gasteiger partial charge on any atom is -0.360 e. The van der Waals surface area contributed by atoms with E-state index in [4.69, 9.17) is 0 Å². The second-order valence-corrected chi connectivity index (χ2v) is 6.75. The molecule has 2 aliphatic heterocycles. The maximum absolute atomic E-state index is 13.0. The van der Waals surface area contributed by atoms with Gasteiger partial charge in [-0.15, -0.1) is 0 Å². The van der Waals surface area contributed by atoms with Crippen LogP contribution < -0.4 is 10.6 Å². The standard InChI is InChI=1S/C19H17F3N4O2/c1-2-10-5-16-24-7-13(18(28)26(16)9-10)17(27)25-11-3-4-12-14(19(20,21)22)8-23-15(12)6-11/h3-8,10,23-24H,2,9H2,1H3,(H,25,27). The first-order chi connectivity index (χ1) is 13.3. The smallest absolute Gasteiger partial charge is 0.360 e. The van der Waals surface area contributed by atoms with Gasteiger partial charge in [0.25, 0.3) is 11.8 Å². The SMILES string of the molecule is CCC1C=C2NC=C(C(=O)Nc3ccc4c(C(F)(F)F)c[nH]c4c3)C(=O)N2C1. The molecular weight excluding hydrogens is 373 g/mol. The van der Waals surface area contributed by atoms with Crippen LogP contribution in [0.1, 0.15) is 18.9 Å². The summed E-state index contributed by atoms with van der Waals surface area (Å²) in [5.41, 5.74) is -0.302. The molecule has 0 radical (unpaired) electrons. The van der Waals surface area contributed by atoms with Crippen LogP contribution in [0.5, 0.6) is 0 Å². The highest BCUT2D eigenvalue weighted by Crippen LogP contribution is 2.35. The number of nitrogens with one attached hydrogen (secondary N) is 3. The summed E-state index contributed by atoms with van der Waals surface area (Å²) in [5, 5.41) is 5.54. The number of hydrogen-bond acceptors (Lipinski definition) is 3. The van der Waals surface area contributed by atoms with Gasteiger partial charge in [-0.25, -0.2) is 0 Å². The van der Waals surface area contributed by atoms with Crippen LogP contribution in [0.25, 0.3) is 10.9 Å². The first-order valence-electron chi connectivity index (χ1n) is 8.78. The number of carbonyl (C=O) groups excluding carboxylic acids is 2. The Hall–Kier alpha value is -3.23. The molecule has 1 atom stereocenters. The zero-order valence-electron chi connectivity index (χ0n) is 14.9. The van der Waals surface area contributed by atoms with Crippen molar-refractivity contribution in [1.82, 2.24) is 15.2 Å². The van der Waals surface area contributed by atoms with E-state index in [9.17, 15) is 22.8 Å². The molecule has 146 valence electrons. The van der Waals surface area contributed by atoms with Gasteiger partial charge < -0.3 is 15.6 Å². The predicted octanol–water partition coefficient (Wildman–Crippen LogP) is 3.32. The maximum atomic E-state index is 13.0. The number of nitrogens with zero attached hydrogens (tertiary/aromatic N) is 1. The van der Waals surface area contributed by atoms with E-state index >= 15 is 0 Å². The van der Waals surface area contributed by atoms with Crippen molar-refractivity contribution in [3.63, 3.8) is 0 Å². The molecule has 1 aromatic heterocycles. The molecule has 0 bridgehead atoms. The zero-order valence-corrected chi connectivity index (χ0v) is 14.9. The Labute approximate surface area is 158 Å². The largest absolute Gasteiger partial charge is 0.418 e. The molecule has 3 heterocycles. The Morgan fingerprint density at radius 3 is 2.86 bits per heavy atom. The minimum atomic E-state index is -4.47. The number of amides is 2. The molecule has 1 unspecified atom stereocenters. The van der Waals surface area contributed by atoms with E-state index in [2.05, 4.69) is 15.6 Å². The highest BCUT2D eigenvalue weighted by molar-refractivity contribution is 6.23. The van der Waals surface area contributed by atoms with Crippen LogP contribution in [0.4, 0.5) is 18.9 Å². The van der Waals surface area contributed by atoms with Crippen LogP contribution in [0.3, 0.4) is 0 Å². The average Bonchev–Trinajstić information content (AvgIpc) is 3.25. The fourth-order valence-electron chi connectivity index (χ4n) is 3.42. The van der Waals surface area contributed by atoms with Gasteiger partial charge in [0.2, 0.25) is 0 Å². The summed E-state index contributed by atoms with van der Waals surface area (Å²) in [6, 6.07) is 4.06. The third-order valence-electron chi connectivity index (χ3n) is 4.96. The fraction of sp³-hybridized carbons (Fsp3) is 0.263. The number of aromatic nitrogens is 1. The van der Waals surface area contributed by atoms with Crippen LogP contribution in [0.2, 0.25) is 0 Å². The van der Waals surface area contributed by atoms with Gasteiger partial charge in [-0.05, 0) is 30.5 Å². The molecule has 0 saturated heterocycles. The fourth-order valence-corrected chi connectivity index (χ4v) is 3.42. The van der Waals surface area contributed by atoms with E-state index in [1.807, 2.05) is 13.0 Å². The van der Waals surface area contributed by atoms with Gasteiger partial charge in [-0.1, -0.05) is 13.0 Å². The van der Waals surface area contributed by atoms with Crippen molar-refractivity contribution >= 4 is 28.4 Å². The topological polar surface area (TPSA) is 77.2 Å². The van der Waals surface area contributed by atoms with E-state index in [0.29, 0.717) is 12.4 Å². The number of hydrogen-bond donors (Lipinski definition) is 3. The number of halogens is 3. The lowest BCUT2D eigenvalue weighted by atomic mass is 10.1. The van der Waals surface area contributed by atoms with Crippen molar-refractivity contribution < 1.29 is 22.8 Å². The number of anilines is 1. The molecule has 0 fully saturated rings. The molecule has 6 nitrogen and oxygen atoms in total. The number of benzene rings is 1. The van der Waals surface area contributed by atoms with Crippen LogP contribution in [-0.4, -0.2) is 28.2 Å². The maximum Gasteiger partial charge on any atom is 0.418 e. The third kappa shape index (κ3) is 3.02. The van der Waals surface area contributed by atoms with Crippen molar-refractivity contribution in [2.45, 2.75) is 19.5 Å². The molecule has 1 aromatic carbocycles. The van der Waals surface area contributed by atoms with Crippen LogP contribution >= 0.6 is 0 Å². The molecule has 3 N–H and O–H groups in total. The first kappa shape index (κ1) is 18.1. The molecular formula is C19H17F3N4O2. The third-order valence-corrected chi connectivity index (χ3v) is 4.96. The molecule has 0 aliphatic carbocycles. The van der Waals surface area contributed by atoms with Gasteiger partial charge in [0.15, 0.2) is 0 Å². The molecule has 0 saturated carbocycles. The first-order valence-corrected chi connectivity index (χ1v) is 8.78. The van der Waals surface area contributed by atoms with Gasteiger partial charge in [0.1, 0.15) is 11.4 Å². The number of H-pyrrole nitrogens is 1. The number of rotatable bonds is 3. The van der Waals surface area contributed by atoms with Crippen molar-refractivity contribution in [3.05, 3.63) is 53.6 Å². The van der Waals surface area contributed by atoms with Crippen molar-refractivity contribution in [1.29, 1.82) is 0 Å². The summed E-state index contributed by atoms with van der Waals surface area (Å²) in [6.45, 7) is 2.53. The Morgan fingerprint density at radius 1 is 1.36 bits per heavy atom. The van der Waals surface area contributed by atoms with Crippen LogP contribution in [0.15, 0.2) is 48.1 Å². The summed E-state index contributed by atoms with van der Waals surface area (Å²) in [7, 11) is 0. The summed E-state index contributed by atoms with van der Waals surface area (Å²) in [6.07, 6.45) is 0.615. The van der Waals surface area contributed by atoms with Gasteiger partial charge >= 0.3 is 6.18 Å². The average molecular weight is 390 g/mol. The predicted molar refractivity (Wildman–Crippen MR) is 96.7 cm³/mol. The van der Waals surface area contributed by atoms with Gasteiger partial charge in [-0.2, -0.15) is 13.2 Å². The Balaban J connectivity index is 1.53. The zero-order chi connectivity index (χ0) is 20.1. The lowest BCUT2D eigenvalue weighted by Crippen LogP contribution is -2.41. The normalized spacial score (nSPS) is 19.2. The van der Waals surface area contributed by atoms with E-state index < -0.39 is 23.6 Å². The molecule has 9 heteroatoms. The van der Waals surface area contributed by atoms with Crippen molar-refractivity contribution in [3.8, 4) is 0 Å². The molecule has 0 spiro atoms. The Kier molecular flexibility index (Phi) is 4.17. The Morgan fingerprint density at radius 2 is 2.14 bits per heavy atom. The second-order valence-electron chi connectivity index (χ2n) is 6.75. The lowest BCUT2D eigenvalue weighted by Gasteiger charge is -2.26. The van der Waals surface area contributed by atoms with E-state index in [0.717, 1.165) is 12.6 Å². The van der Waals surface area contributed by atoms with E-state index in [-0.39, 0.29) is 28.1 Å². The second kappa shape index (κ2) is 6.43. The highest BCUT2D eigenvalue weighted by atomic mass is 19.4. The van der Waals surface area contributed by atoms with Crippen molar-refractivity contribution in [2.24, 2.45) is 5.92 Å². The van der Waals surface area contributed by atoms with Gasteiger partial charge in [-0.3, -0.25) is 14.5 Å². The minimum absolute atomic E-state index is 0.0116. The molecule has 28 heavy (non-hydrogen) atoms. The molecule has 2 aromatic rings. The molecule has 2 aliphatic rings. The van der Waals surface area contributed by atoms with Crippen LogP contribution in [0, 0.1) is 5.92 Å². The monoisotopic (exact) mass is 390 g/mol.